The van der Waals surface area contributed by atoms with Crippen molar-refractivity contribution in [2.75, 3.05) is 0 Å². The number of hydrogen-bond donors (Lipinski definition) is 0. The molecule has 0 saturated carbocycles. The fourth-order valence-electron chi connectivity index (χ4n) is 9.54. The highest BCUT2D eigenvalue weighted by molar-refractivity contribution is 6.14. The summed E-state index contributed by atoms with van der Waals surface area (Å²) < 4.78 is 7.13. The van der Waals surface area contributed by atoms with Crippen molar-refractivity contribution in [3.63, 3.8) is 0 Å². The molecular weight excluding hydrogens is 645 g/mol. The van der Waals surface area contributed by atoms with Crippen molar-refractivity contribution >= 4 is 21.9 Å². The molecule has 0 N–H and O–H groups in total. The molecule has 1 spiro atoms. The van der Waals surface area contributed by atoms with Crippen molar-refractivity contribution < 1.29 is 4.42 Å². The van der Waals surface area contributed by atoms with Crippen LogP contribution in [0.25, 0.3) is 67.0 Å². The third kappa shape index (κ3) is 4.05. The van der Waals surface area contributed by atoms with E-state index in [-0.39, 0.29) is 5.41 Å². The fourth-order valence-corrected chi connectivity index (χ4v) is 9.54. The molecule has 0 saturated heterocycles. The Labute approximate surface area is 308 Å². The maximum Gasteiger partial charge on any atom is 0.160 e. The summed E-state index contributed by atoms with van der Waals surface area (Å²) in [6, 6.07) is 60.8. The molecule has 9 aromatic rings. The van der Waals surface area contributed by atoms with Gasteiger partial charge in [0.15, 0.2) is 5.82 Å². The van der Waals surface area contributed by atoms with E-state index in [1.807, 2.05) is 24.3 Å². The van der Waals surface area contributed by atoms with Crippen LogP contribution in [0.3, 0.4) is 0 Å². The molecule has 2 aliphatic carbocycles. The molecule has 250 valence electrons. The lowest BCUT2D eigenvalue weighted by atomic mass is 9.55. The normalized spacial score (nSPS) is 14.5. The summed E-state index contributed by atoms with van der Waals surface area (Å²) in [5, 5.41) is 2.16. The number of aromatic nitrogens is 2. The Hall–Kier alpha value is -6.58. The predicted molar refractivity (Wildman–Crippen MR) is 215 cm³/mol. The van der Waals surface area contributed by atoms with Crippen LogP contribution in [0.4, 0.5) is 0 Å². The lowest BCUT2D eigenvalue weighted by molar-refractivity contribution is 0.551. The highest BCUT2D eigenvalue weighted by Crippen LogP contribution is 2.63. The van der Waals surface area contributed by atoms with Crippen LogP contribution in [-0.2, 0) is 10.8 Å². The number of fused-ring (bicyclic) bond motifs is 13. The van der Waals surface area contributed by atoms with Crippen LogP contribution in [0.2, 0.25) is 0 Å². The minimum absolute atomic E-state index is 0.340. The van der Waals surface area contributed by atoms with E-state index in [9.17, 15) is 0 Å². The molecule has 3 heteroatoms. The molecule has 7 aromatic carbocycles. The Morgan fingerprint density at radius 1 is 0.453 bits per heavy atom. The van der Waals surface area contributed by atoms with Gasteiger partial charge in [-0.2, -0.15) is 0 Å². The summed E-state index contributed by atoms with van der Waals surface area (Å²) in [5.74, 6) is 0.697. The number of furan rings is 1. The molecule has 53 heavy (non-hydrogen) atoms. The Morgan fingerprint density at radius 3 is 1.72 bits per heavy atom. The smallest absolute Gasteiger partial charge is 0.160 e. The van der Waals surface area contributed by atoms with Crippen LogP contribution in [0.15, 0.2) is 174 Å². The van der Waals surface area contributed by atoms with Crippen molar-refractivity contribution in [2.45, 2.75) is 24.7 Å². The number of hydrogen-bond acceptors (Lipinski definition) is 3. The van der Waals surface area contributed by atoms with Crippen molar-refractivity contribution in [1.82, 2.24) is 9.97 Å². The summed E-state index contributed by atoms with van der Waals surface area (Å²) in [4.78, 5) is 10.3. The van der Waals surface area contributed by atoms with E-state index in [0.29, 0.717) is 5.82 Å². The summed E-state index contributed by atoms with van der Waals surface area (Å²) >= 11 is 0. The van der Waals surface area contributed by atoms with Gasteiger partial charge in [0.2, 0.25) is 0 Å². The van der Waals surface area contributed by atoms with Gasteiger partial charge in [-0.05, 0) is 51.1 Å². The largest absolute Gasteiger partial charge is 0.456 e. The van der Waals surface area contributed by atoms with Crippen molar-refractivity contribution in [2.24, 2.45) is 0 Å². The molecule has 11 rings (SSSR count). The van der Waals surface area contributed by atoms with Gasteiger partial charge < -0.3 is 4.42 Å². The molecule has 3 nitrogen and oxygen atoms in total. The van der Waals surface area contributed by atoms with Crippen LogP contribution in [0.1, 0.15) is 47.2 Å². The monoisotopic (exact) mass is 678 g/mol. The average molecular weight is 679 g/mol. The second-order valence-electron chi connectivity index (χ2n) is 14.9. The van der Waals surface area contributed by atoms with E-state index in [2.05, 4.69) is 159 Å². The molecule has 0 fully saturated rings. The SMILES string of the molecule is CC1(C)c2ccccc2C2(c3ccccc3-c3ccccc32)c2ccc3c(oc4cccc(-c5cc(-c6ccccc6)nc(-c6ccccc6)n5)c43)c21. The summed E-state index contributed by atoms with van der Waals surface area (Å²) in [6.07, 6.45) is 0. The zero-order valence-corrected chi connectivity index (χ0v) is 29.5. The first kappa shape index (κ1) is 30.1. The van der Waals surface area contributed by atoms with Crippen molar-refractivity contribution in [3.05, 3.63) is 203 Å². The Kier molecular flexibility index (Phi) is 6.22. The second kappa shape index (κ2) is 11.0. The van der Waals surface area contributed by atoms with Gasteiger partial charge >= 0.3 is 0 Å². The van der Waals surface area contributed by atoms with Crippen LogP contribution in [0.5, 0.6) is 0 Å². The minimum atomic E-state index is -0.480. The van der Waals surface area contributed by atoms with Crippen LogP contribution in [0, 0.1) is 0 Å². The second-order valence-corrected chi connectivity index (χ2v) is 14.9. The standard InChI is InChI=1S/C50H34N2O/c1-49(2)39-25-13-14-26-40(39)50(37-23-11-9-20-33(37)34-21-10-12-24-38(34)50)41-29-28-36-45-35(22-15-27-44(45)53-47(36)46(41)49)43-30-42(31-16-5-3-6-17-31)51-48(52-43)32-18-7-4-8-19-32/h3-30H,1-2H3. The summed E-state index contributed by atoms with van der Waals surface area (Å²) in [7, 11) is 0. The van der Waals surface area contributed by atoms with E-state index in [1.54, 1.807) is 0 Å². The van der Waals surface area contributed by atoms with Crippen molar-refractivity contribution in [3.8, 4) is 45.0 Å². The molecule has 0 amide bonds. The van der Waals surface area contributed by atoms with Crippen molar-refractivity contribution in [1.29, 1.82) is 0 Å². The fraction of sp³-hybridized carbons (Fsp3) is 0.0800. The van der Waals surface area contributed by atoms with Gasteiger partial charge in [0.1, 0.15) is 11.2 Å². The van der Waals surface area contributed by atoms with E-state index in [4.69, 9.17) is 14.4 Å². The molecule has 0 unspecified atom stereocenters. The lowest BCUT2D eigenvalue weighted by Gasteiger charge is -2.46. The predicted octanol–water partition coefficient (Wildman–Crippen LogP) is 12.4. The van der Waals surface area contributed by atoms with Gasteiger partial charge in [-0.1, -0.05) is 172 Å². The average Bonchev–Trinajstić information content (AvgIpc) is 3.75. The minimum Gasteiger partial charge on any atom is -0.456 e. The molecule has 0 atom stereocenters. The summed E-state index contributed by atoms with van der Waals surface area (Å²) in [6.45, 7) is 4.72. The topological polar surface area (TPSA) is 38.9 Å². The van der Waals surface area contributed by atoms with Gasteiger partial charge in [-0.25, -0.2) is 9.97 Å². The maximum atomic E-state index is 7.13. The number of benzene rings is 7. The van der Waals surface area contributed by atoms with E-state index in [1.165, 1.54) is 44.5 Å². The Bertz CT molecular complexity index is 2820. The summed E-state index contributed by atoms with van der Waals surface area (Å²) in [5.41, 5.74) is 16.2. The Morgan fingerprint density at radius 2 is 1.02 bits per heavy atom. The van der Waals surface area contributed by atoms with Crippen LogP contribution in [-0.4, -0.2) is 9.97 Å². The molecule has 2 aromatic heterocycles. The van der Waals surface area contributed by atoms with Gasteiger partial charge in [0.25, 0.3) is 0 Å². The first-order valence-electron chi connectivity index (χ1n) is 18.3. The Balaban J connectivity index is 1.23. The highest BCUT2D eigenvalue weighted by atomic mass is 16.3. The third-order valence-corrected chi connectivity index (χ3v) is 11.8. The maximum absolute atomic E-state index is 7.13. The third-order valence-electron chi connectivity index (χ3n) is 11.8. The number of rotatable bonds is 3. The zero-order chi connectivity index (χ0) is 35.3. The molecule has 0 aliphatic heterocycles. The van der Waals surface area contributed by atoms with Gasteiger partial charge in [-0.15, -0.1) is 0 Å². The van der Waals surface area contributed by atoms with E-state index in [0.717, 1.165) is 50.0 Å². The first-order chi connectivity index (χ1) is 26.0. The molecule has 2 aliphatic rings. The van der Waals surface area contributed by atoms with E-state index >= 15 is 0 Å². The lowest BCUT2D eigenvalue weighted by Crippen LogP contribution is -2.40. The first-order valence-corrected chi connectivity index (χ1v) is 18.3. The molecule has 0 radical (unpaired) electrons. The van der Waals surface area contributed by atoms with Gasteiger partial charge in [0, 0.05) is 38.4 Å². The number of nitrogens with zero attached hydrogens (tertiary/aromatic N) is 2. The zero-order valence-electron chi connectivity index (χ0n) is 29.5. The molecular formula is C50H34N2O. The highest BCUT2D eigenvalue weighted by Gasteiger charge is 2.54. The molecule has 0 bridgehead atoms. The van der Waals surface area contributed by atoms with Crippen LogP contribution >= 0.6 is 0 Å². The molecule has 2 heterocycles. The van der Waals surface area contributed by atoms with Gasteiger partial charge in [-0.3, -0.25) is 0 Å². The van der Waals surface area contributed by atoms with E-state index < -0.39 is 5.41 Å². The quantitative estimate of drug-likeness (QED) is 0.187. The van der Waals surface area contributed by atoms with Gasteiger partial charge in [0.05, 0.1) is 16.8 Å². The van der Waals surface area contributed by atoms with Crippen LogP contribution < -0.4 is 0 Å².